The molecule has 7 heteroatoms. The van der Waals surface area contributed by atoms with E-state index in [0.29, 0.717) is 22.3 Å². The van der Waals surface area contributed by atoms with E-state index in [-0.39, 0.29) is 30.1 Å². The fourth-order valence-electron chi connectivity index (χ4n) is 8.16. The topological polar surface area (TPSA) is 126 Å². The van der Waals surface area contributed by atoms with Crippen molar-refractivity contribution in [3.8, 4) is 5.75 Å². The molecule has 0 radical (unpaired) electrons. The van der Waals surface area contributed by atoms with Crippen molar-refractivity contribution in [3.63, 3.8) is 0 Å². The third-order valence-electron chi connectivity index (χ3n) is 9.65. The number of phenols is 1. The van der Waals surface area contributed by atoms with Crippen LogP contribution in [0.4, 0.5) is 0 Å². The van der Waals surface area contributed by atoms with Gasteiger partial charge in [0.25, 0.3) is 0 Å². The van der Waals surface area contributed by atoms with Crippen molar-refractivity contribution in [2.45, 2.75) is 86.2 Å². The zero-order valence-electron chi connectivity index (χ0n) is 24.4. The minimum atomic E-state index is -2.70. The summed E-state index contributed by atoms with van der Waals surface area (Å²) in [4.78, 5) is 68.5. The predicted octanol–water partition coefficient (Wildman–Crippen LogP) is 4.42. The highest BCUT2D eigenvalue weighted by Gasteiger charge is 2.76. The van der Waals surface area contributed by atoms with Crippen molar-refractivity contribution in [1.29, 1.82) is 0 Å². The van der Waals surface area contributed by atoms with Crippen LogP contribution in [-0.4, -0.2) is 44.7 Å². The molecular weight excluding hydrogens is 496 g/mol. The van der Waals surface area contributed by atoms with Gasteiger partial charge in [-0.25, -0.2) is 0 Å². The van der Waals surface area contributed by atoms with Crippen LogP contribution in [-0.2, 0) is 31.0 Å². The number of rotatable bonds is 3. The fraction of sp³-hybridized carbons (Fsp3) is 0.594. The predicted molar refractivity (Wildman–Crippen MR) is 146 cm³/mol. The molecular formula is C32H40O7. The maximum Gasteiger partial charge on any atom is 0.190 e. The van der Waals surface area contributed by atoms with Crippen LogP contribution in [0.3, 0.4) is 0 Å². The second-order valence-corrected chi connectivity index (χ2v) is 14.0. The number of carbonyl (C=O) groups is 5. The van der Waals surface area contributed by atoms with E-state index in [0.717, 1.165) is 6.92 Å². The van der Waals surface area contributed by atoms with Gasteiger partial charge in [0, 0.05) is 16.9 Å². The Morgan fingerprint density at radius 2 is 1.64 bits per heavy atom. The number of aromatic hydroxyl groups is 1. The van der Waals surface area contributed by atoms with E-state index >= 15 is 0 Å². The van der Waals surface area contributed by atoms with E-state index in [1.807, 2.05) is 33.8 Å². The van der Waals surface area contributed by atoms with Gasteiger partial charge in [-0.2, -0.15) is 0 Å². The Morgan fingerprint density at radius 1 is 1.08 bits per heavy atom. The molecule has 2 saturated carbocycles. The van der Waals surface area contributed by atoms with E-state index in [4.69, 9.17) is 0 Å². The molecule has 0 aromatic heterocycles. The average Bonchev–Trinajstić information content (AvgIpc) is 2.74. The third kappa shape index (κ3) is 3.61. The molecule has 6 atom stereocenters. The first-order chi connectivity index (χ1) is 17.7. The largest absolute Gasteiger partial charge is 0.507 e. The third-order valence-corrected chi connectivity index (χ3v) is 9.65. The molecule has 3 aliphatic carbocycles. The molecule has 7 nitrogen and oxygen atoms in total. The quantitative estimate of drug-likeness (QED) is 0.548. The van der Waals surface area contributed by atoms with Gasteiger partial charge in [0.2, 0.25) is 0 Å². The number of fused-ring (bicyclic) bond motifs is 3. The molecule has 1 aromatic carbocycles. The number of hydrogen-bond donors (Lipinski definition) is 2. The second kappa shape index (κ2) is 8.53. The van der Waals surface area contributed by atoms with Crippen LogP contribution in [0, 0.1) is 34.5 Å². The highest BCUT2D eigenvalue weighted by atomic mass is 16.3. The molecule has 0 aliphatic heterocycles. The molecule has 0 amide bonds. The van der Waals surface area contributed by atoms with Crippen LogP contribution >= 0.6 is 0 Å². The standard InChI is InChI=1S/C32H40O7/c1-14(2)17-11-19(29(6,7)8)24(34)21-18(17)12-30(9)13-31(10)22(15(3)4)25(35)20(16(5)33)27(37)32(31,39)28(38)23(30)26(21)36/h11,15,20,22-23,34,39H,1,12-13H2,2-10H3/t20?,22?,23?,30-,31-,32+/m1/s1. The summed E-state index contributed by atoms with van der Waals surface area (Å²) in [5, 5.41) is 23.5. The molecule has 210 valence electrons. The lowest BCUT2D eigenvalue weighted by Gasteiger charge is -2.62. The van der Waals surface area contributed by atoms with Crippen molar-refractivity contribution in [1.82, 2.24) is 0 Å². The number of hydrogen-bond acceptors (Lipinski definition) is 7. The fourth-order valence-corrected chi connectivity index (χ4v) is 8.16. The summed E-state index contributed by atoms with van der Waals surface area (Å²) in [6.07, 6.45) is 0.236. The molecule has 1 aromatic rings. The monoisotopic (exact) mass is 536 g/mol. The number of Topliss-reactive ketones (excluding diaryl/α,β-unsaturated/α-hetero) is 5. The Balaban J connectivity index is 2.04. The number of aliphatic hydroxyl groups is 1. The van der Waals surface area contributed by atoms with Gasteiger partial charge < -0.3 is 10.2 Å². The maximum absolute atomic E-state index is 14.4. The number of ketones is 5. The Hall–Kier alpha value is -2.93. The molecule has 0 heterocycles. The first kappa shape index (κ1) is 29.1. The number of carbonyl (C=O) groups excluding carboxylic acids is 5. The van der Waals surface area contributed by atoms with Crippen LogP contribution in [0.1, 0.15) is 95.8 Å². The molecule has 3 aliphatic rings. The zero-order valence-corrected chi connectivity index (χ0v) is 24.4. The molecule has 3 unspecified atom stereocenters. The van der Waals surface area contributed by atoms with Crippen molar-refractivity contribution >= 4 is 34.5 Å². The van der Waals surface area contributed by atoms with Gasteiger partial charge in [-0.1, -0.05) is 60.6 Å². The second-order valence-electron chi connectivity index (χ2n) is 14.0. The number of phenolic OH excluding ortho intramolecular Hbond substituents is 1. The van der Waals surface area contributed by atoms with Gasteiger partial charge >= 0.3 is 0 Å². The van der Waals surface area contributed by atoms with Crippen molar-refractivity contribution in [2.24, 2.45) is 34.5 Å². The molecule has 2 N–H and O–H groups in total. The molecule has 39 heavy (non-hydrogen) atoms. The van der Waals surface area contributed by atoms with Crippen molar-refractivity contribution in [3.05, 3.63) is 34.9 Å². The van der Waals surface area contributed by atoms with Crippen LogP contribution in [0.25, 0.3) is 5.57 Å². The summed E-state index contributed by atoms with van der Waals surface area (Å²) >= 11 is 0. The normalized spacial score (nSPS) is 34.5. The van der Waals surface area contributed by atoms with Gasteiger partial charge in [-0.05, 0) is 60.6 Å². The Bertz CT molecular complexity index is 1380. The summed E-state index contributed by atoms with van der Waals surface area (Å²) in [7, 11) is 0. The number of allylic oxidation sites excluding steroid dienone is 1. The van der Waals surface area contributed by atoms with Crippen LogP contribution in [0.5, 0.6) is 5.75 Å². The van der Waals surface area contributed by atoms with E-state index in [2.05, 4.69) is 6.58 Å². The van der Waals surface area contributed by atoms with Gasteiger partial charge in [-0.15, -0.1) is 0 Å². The highest BCUT2D eigenvalue weighted by Crippen LogP contribution is 2.64. The molecule has 2 fully saturated rings. The first-order valence-electron chi connectivity index (χ1n) is 13.6. The van der Waals surface area contributed by atoms with Crippen LogP contribution in [0.2, 0.25) is 0 Å². The summed E-state index contributed by atoms with van der Waals surface area (Å²) in [5.41, 5.74) is -3.28. The van der Waals surface area contributed by atoms with E-state index < -0.39 is 68.5 Å². The van der Waals surface area contributed by atoms with Crippen LogP contribution in [0.15, 0.2) is 12.6 Å². The van der Waals surface area contributed by atoms with E-state index in [1.165, 1.54) is 0 Å². The molecule has 0 bridgehead atoms. The van der Waals surface area contributed by atoms with Crippen molar-refractivity contribution < 1.29 is 34.2 Å². The van der Waals surface area contributed by atoms with E-state index in [1.54, 1.807) is 27.7 Å². The van der Waals surface area contributed by atoms with Gasteiger partial charge in [0.05, 0.1) is 11.5 Å². The summed E-state index contributed by atoms with van der Waals surface area (Å²) in [5.74, 6) is -8.83. The average molecular weight is 537 g/mol. The van der Waals surface area contributed by atoms with Crippen molar-refractivity contribution in [2.75, 3.05) is 0 Å². The summed E-state index contributed by atoms with van der Waals surface area (Å²) in [6, 6.07) is 1.85. The first-order valence-corrected chi connectivity index (χ1v) is 13.6. The van der Waals surface area contributed by atoms with E-state index in [9.17, 15) is 34.2 Å². The lowest BCUT2D eigenvalue weighted by molar-refractivity contribution is -0.205. The lowest BCUT2D eigenvalue weighted by Crippen LogP contribution is -2.76. The lowest BCUT2D eigenvalue weighted by atomic mass is 9.39. The SMILES string of the molecule is C=C(C)c1cc(C(C)(C)C)c(O)c2c1C[C@]1(C)C[C@]3(C)C(C(C)C)C(=O)C(C(C)=O)C(=O)[C@]3(O)C(=O)C1C2=O. The minimum absolute atomic E-state index is 0.0197. The van der Waals surface area contributed by atoms with Crippen LogP contribution < -0.4 is 0 Å². The molecule has 0 saturated heterocycles. The Kier molecular flexibility index (Phi) is 6.36. The molecule has 4 rings (SSSR count). The Morgan fingerprint density at radius 3 is 2.10 bits per heavy atom. The van der Waals surface area contributed by atoms with Gasteiger partial charge in [-0.3, -0.25) is 24.0 Å². The summed E-state index contributed by atoms with van der Waals surface area (Å²) < 4.78 is 0. The zero-order chi connectivity index (χ0) is 29.8. The maximum atomic E-state index is 14.4. The summed E-state index contributed by atoms with van der Waals surface area (Å²) in [6.45, 7) is 19.6. The highest BCUT2D eigenvalue weighted by molar-refractivity contribution is 6.32. The Labute approximate surface area is 230 Å². The minimum Gasteiger partial charge on any atom is -0.507 e. The smallest absolute Gasteiger partial charge is 0.190 e. The molecule has 0 spiro atoms. The number of benzene rings is 1. The van der Waals surface area contributed by atoms with Gasteiger partial charge in [0.1, 0.15) is 17.5 Å². The van der Waals surface area contributed by atoms with Gasteiger partial charge in [0.15, 0.2) is 28.7 Å².